The molecule has 0 spiro atoms. The summed E-state index contributed by atoms with van der Waals surface area (Å²) in [5.74, 6) is -1.90. The Bertz CT molecular complexity index is 1560. The minimum Gasteiger partial charge on any atom is -0.321 e. The molecule has 9 heteroatoms. The number of fused-ring (bicyclic) bond motifs is 7. The van der Waals surface area contributed by atoms with E-state index >= 15 is 0 Å². The average molecular weight is 472 g/mol. The Kier molecular flexibility index (Phi) is 5.52. The van der Waals surface area contributed by atoms with Gasteiger partial charge in [-0.2, -0.15) is 0 Å². The van der Waals surface area contributed by atoms with Crippen molar-refractivity contribution >= 4 is 17.4 Å². The van der Waals surface area contributed by atoms with Gasteiger partial charge in [0.2, 0.25) is 11.7 Å². The molecule has 1 aliphatic heterocycles. The number of halogens is 2. The van der Waals surface area contributed by atoms with Crippen LogP contribution in [-0.2, 0) is 11.3 Å². The average Bonchev–Trinajstić information content (AvgIpc) is 2.89. The topological polar surface area (TPSA) is 94.0 Å². The lowest BCUT2D eigenvalue weighted by atomic mass is 10.1. The zero-order chi connectivity index (χ0) is 24.7. The number of nitrogens with zero attached hydrogens (tertiary/aromatic N) is 3. The molecule has 5 rings (SSSR count). The van der Waals surface area contributed by atoms with Gasteiger partial charge in [0, 0.05) is 12.0 Å². The number of amides is 1. The van der Waals surface area contributed by atoms with E-state index in [0.29, 0.717) is 17.0 Å². The Labute approximate surface area is 198 Å². The molecule has 2 aromatic carbocycles. The summed E-state index contributed by atoms with van der Waals surface area (Å²) in [6.45, 7) is 1.62. The molecule has 7 nitrogen and oxygen atoms in total. The van der Waals surface area contributed by atoms with E-state index in [0.717, 1.165) is 12.1 Å². The summed E-state index contributed by atoms with van der Waals surface area (Å²) in [7, 11) is 0. The van der Waals surface area contributed by atoms with Crippen molar-refractivity contribution in [1.82, 2.24) is 14.5 Å². The molecule has 0 saturated carbocycles. The van der Waals surface area contributed by atoms with Gasteiger partial charge in [-0.05, 0) is 66.2 Å². The Hall–Kier alpha value is -4.53. The molecular formula is C26H18F2N4O3. The lowest BCUT2D eigenvalue weighted by molar-refractivity contribution is -0.115. The van der Waals surface area contributed by atoms with Crippen molar-refractivity contribution in [3.8, 4) is 22.6 Å². The fourth-order valence-electron chi connectivity index (χ4n) is 3.90. The molecule has 0 atom stereocenters. The van der Waals surface area contributed by atoms with Crippen molar-refractivity contribution < 1.29 is 18.4 Å². The summed E-state index contributed by atoms with van der Waals surface area (Å²) < 4.78 is 29.6. The van der Waals surface area contributed by atoms with E-state index in [-0.39, 0.29) is 47.2 Å². The smallest absolute Gasteiger partial charge is 0.275 e. The second kappa shape index (κ2) is 8.68. The maximum atomic E-state index is 14.8. The minimum atomic E-state index is -0.589. The third-order valence-corrected chi connectivity index (χ3v) is 5.71. The van der Waals surface area contributed by atoms with Crippen molar-refractivity contribution in [2.45, 2.75) is 19.9 Å². The number of anilines is 1. The van der Waals surface area contributed by atoms with Crippen LogP contribution >= 0.6 is 0 Å². The van der Waals surface area contributed by atoms with Gasteiger partial charge in [0.1, 0.15) is 23.0 Å². The highest BCUT2D eigenvalue weighted by Gasteiger charge is 2.22. The van der Waals surface area contributed by atoms with Crippen molar-refractivity contribution in [3.63, 3.8) is 0 Å². The second-order valence-corrected chi connectivity index (χ2v) is 8.02. The monoisotopic (exact) mass is 472 g/mol. The number of carbonyl (C=O) groups excluding carboxylic acids is 2. The van der Waals surface area contributed by atoms with E-state index in [1.165, 1.54) is 47.0 Å². The lowest BCUT2D eigenvalue weighted by Gasteiger charge is -2.14. The van der Waals surface area contributed by atoms with E-state index in [4.69, 9.17) is 0 Å². The second-order valence-electron chi connectivity index (χ2n) is 8.02. The third-order valence-electron chi connectivity index (χ3n) is 5.71. The van der Waals surface area contributed by atoms with Crippen LogP contribution in [0.3, 0.4) is 0 Å². The summed E-state index contributed by atoms with van der Waals surface area (Å²) in [4.78, 5) is 47.0. The zero-order valence-corrected chi connectivity index (χ0v) is 18.5. The summed E-state index contributed by atoms with van der Waals surface area (Å²) in [6, 6.07) is 13.9. The van der Waals surface area contributed by atoms with E-state index in [2.05, 4.69) is 15.3 Å². The summed E-state index contributed by atoms with van der Waals surface area (Å²) in [5.41, 5.74) is 1.21. The van der Waals surface area contributed by atoms with Gasteiger partial charge in [-0.25, -0.2) is 18.7 Å². The highest BCUT2D eigenvalue weighted by atomic mass is 19.1. The normalized spacial score (nSPS) is 11.6. The highest BCUT2D eigenvalue weighted by molar-refractivity contribution is 6.08. The number of nitrogens with one attached hydrogen (secondary N) is 1. The first-order valence-electron chi connectivity index (χ1n) is 10.9. The van der Waals surface area contributed by atoms with E-state index in [1.54, 1.807) is 13.0 Å². The molecule has 4 bridgehead atoms. The molecule has 1 amide bonds. The predicted molar refractivity (Wildman–Crippen MR) is 125 cm³/mol. The number of hydrogen-bond acceptors (Lipinski definition) is 5. The molecule has 1 N–H and O–H groups in total. The molecule has 0 radical (unpaired) electrons. The van der Waals surface area contributed by atoms with E-state index in [1.807, 2.05) is 0 Å². The first kappa shape index (κ1) is 22.3. The van der Waals surface area contributed by atoms with Gasteiger partial charge in [0.05, 0.1) is 23.5 Å². The van der Waals surface area contributed by atoms with Gasteiger partial charge in [-0.3, -0.25) is 14.4 Å². The molecule has 1 aliphatic rings. The zero-order valence-electron chi connectivity index (χ0n) is 18.5. The Morgan fingerprint density at radius 2 is 1.77 bits per heavy atom. The number of ketones is 1. The van der Waals surface area contributed by atoms with Gasteiger partial charge in [-0.15, -0.1) is 0 Å². The number of pyridine rings is 1. The van der Waals surface area contributed by atoms with Crippen LogP contribution in [-0.4, -0.2) is 26.2 Å². The Balaban J connectivity index is 1.71. The number of hydrogen-bond donors (Lipinski definition) is 1. The van der Waals surface area contributed by atoms with Gasteiger partial charge in [0.25, 0.3) is 5.56 Å². The fourth-order valence-corrected chi connectivity index (χ4v) is 3.90. The standard InChI is InChI=1S/C26H18F2N4O3/c1-2-23(33)30-20-9-10-22-15-5-8-19(28)18(11-15)25-29-17(13-32(22)26(20)35)12-21(31-25)24(34)14-3-6-16(27)7-4-14/h3-12H,2,13H2,1H3,(H,30,33). The van der Waals surface area contributed by atoms with Crippen molar-refractivity contribution in [2.75, 3.05) is 5.32 Å². The number of benzene rings is 2. The van der Waals surface area contributed by atoms with Gasteiger partial charge < -0.3 is 9.88 Å². The van der Waals surface area contributed by atoms with Crippen molar-refractivity contribution in [1.29, 1.82) is 0 Å². The molecule has 2 aromatic heterocycles. The summed E-state index contributed by atoms with van der Waals surface area (Å²) >= 11 is 0. The molecule has 3 heterocycles. The maximum absolute atomic E-state index is 14.8. The van der Waals surface area contributed by atoms with Crippen LogP contribution in [0.2, 0.25) is 0 Å². The predicted octanol–water partition coefficient (Wildman–Crippen LogP) is 4.19. The summed E-state index contributed by atoms with van der Waals surface area (Å²) in [5, 5.41) is 2.59. The van der Waals surface area contributed by atoms with Crippen LogP contribution in [0, 0.1) is 11.6 Å². The fraction of sp³-hybridized carbons (Fsp3) is 0.115. The van der Waals surface area contributed by atoms with Crippen LogP contribution in [0.4, 0.5) is 14.5 Å². The van der Waals surface area contributed by atoms with Crippen LogP contribution in [0.15, 0.2) is 65.5 Å². The molecule has 0 unspecified atom stereocenters. The lowest BCUT2D eigenvalue weighted by Crippen LogP contribution is -2.27. The Morgan fingerprint density at radius 1 is 1.00 bits per heavy atom. The van der Waals surface area contributed by atoms with Crippen molar-refractivity contribution in [3.05, 3.63) is 99.6 Å². The highest BCUT2D eigenvalue weighted by Crippen LogP contribution is 2.30. The first-order valence-corrected chi connectivity index (χ1v) is 10.9. The largest absolute Gasteiger partial charge is 0.321 e. The molecule has 4 aromatic rings. The third kappa shape index (κ3) is 4.12. The molecular weight excluding hydrogens is 454 g/mol. The SMILES string of the molecule is CCC(=O)Nc1ccc2n(c1=O)Cc1cc(C(=O)c3ccc(F)cc3)nc(n1)-c1cc-2ccc1F. The summed E-state index contributed by atoms with van der Waals surface area (Å²) in [6.07, 6.45) is 0.201. The Morgan fingerprint density at radius 3 is 2.51 bits per heavy atom. The number of rotatable bonds is 4. The van der Waals surface area contributed by atoms with Crippen LogP contribution in [0.5, 0.6) is 0 Å². The maximum Gasteiger partial charge on any atom is 0.275 e. The van der Waals surface area contributed by atoms with E-state index in [9.17, 15) is 23.2 Å². The van der Waals surface area contributed by atoms with Crippen molar-refractivity contribution in [2.24, 2.45) is 0 Å². The van der Waals surface area contributed by atoms with Gasteiger partial charge in [-0.1, -0.05) is 6.92 Å². The van der Waals surface area contributed by atoms with Crippen LogP contribution < -0.4 is 10.9 Å². The number of carbonyl (C=O) groups is 2. The quantitative estimate of drug-likeness (QED) is 0.396. The molecule has 174 valence electrons. The van der Waals surface area contributed by atoms with Gasteiger partial charge >= 0.3 is 0 Å². The molecule has 0 fully saturated rings. The minimum absolute atomic E-state index is 0.00678. The number of aromatic nitrogens is 3. The first-order chi connectivity index (χ1) is 16.8. The van der Waals surface area contributed by atoms with Crippen LogP contribution in [0.1, 0.15) is 35.1 Å². The van der Waals surface area contributed by atoms with Gasteiger partial charge in [0.15, 0.2) is 5.82 Å². The molecule has 0 saturated heterocycles. The molecule has 0 aliphatic carbocycles. The molecule has 35 heavy (non-hydrogen) atoms. The van der Waals surface area contributed by atoms with E-state index < -0.39 is 23.0 Å². The van der Waals surface area contributed by atoms with Crippen LogP contribution in [0.25, 0.3) is 22.6 Å².